The lowest BCUT2D eigenvalue weighted by Crippen LogP contribution is -2.16. The van der Waals surface area contributed by atoms with Gasteiger partial charge in [-0.15, -0.1) is 0 Å². The van der Waals surface area contributed by atoms with E-state index in [4.69, 9.17) is 10.5 Å². The minimum absolute atomic E-state index is 0.328. The summed E-state index contributed by atoms with van der Waals surface area (Å²) in [6, 6.07) is 16.7. The van der Waals surface area contributed by atoms with Gasteiger partial charge < -0.3 is 26.4 Å². The molecular formula is C22H22N8O2. The molecule has 162 valence electrons. The van der Waals surface area contributed by atoms with Gasteiger partial charge in [-0.2, -0.15) is 10.1 Å². The Hall–Kier alpha value is -4.60. The molecule has 10 heteroatoms. The van der Waals surface area contributed by atoms with Crippen molar-refractivity contribution in [1.29, 1.82) is 0 Å². The maximum Gasteiger partial charge on any atom is 0.409 e. The van der Waals surface area contributed by atoms with E-state index in [2.05, 4.69) is 31.0 Å². The first-order chi connectivity index (χ1) is 15.5. The number of primary amides is 1. The van der Waals surface area contributed by atoms with E-state index in [1.165, 1.54) is 0 Å². The molecule has 2 heterocycles. The zero-order chi connectivity index (χ0) is 22.3. The topological polar surface area (TPSA) is 132 Å². The van der Waals surface area contributed by atoms with Gasteiger partial charge in [-0.1, -0.05) is 24.3 Å². The number of nitrogens with zero attached hydrogens (tertiary/aromatic N) is 4. The van der Waals surface area contributed by atoms with Gasteiger partial charge in [0, 0.05) is 49.0 Å². The maximum atomic E-state index is 11.1. The molecule has 4 aromatic rings. The lowest BCUT2D eigenvalue weighted by molar-refractivity contribution is 0.211. The van der Waals surface area contributed by atoms with Crippen molar-refractivity contribution in [2.75, 3.05) is 16.0 Å². The molecule has 0 saturated carbocycles. The summed E-state index contributed by atoms with van der Waals surface area (Å²) in [5.41, 5.74) is 8.38. The van der Waals surface area contributed by atoms with E-state index in [0.29, 0.717) is 29.7 Å². The van der Waals surface area contributed by atoms with Crippen molar-refractivity contribution in [2.24, 2.45) is 12.8 Å². The van der Waals surface area contributed by atoms with Crippen molar-refractivity contribution in [3.8, 4) is 5.75 Å². The van der Waals surface area contributed by atoms with Gasteiger partial charge in [-0.3, -0.25) is 4.68 Å². The predicted octanol–water partition coefficient (Wildman–Crippen LogP) is 3.77. The molecule has 2 aromatic carbocycles. The fraction of sp³-hybridized carbons (Fsp3) is 0.0909. The molecule has 0 saturated heterocycles. The molecule has 5 N–H and O–H groups in total. The van der Waals surface area contributed by atoms with Crippen LogP contribution in [0.1, 0.15) is 5.56 Å². The molecule has 0 aliphatic carbocycles. The van der Waals surface area contributed by atoms with E-state index in [1.807, 2.05) is 49.6 Å². The molecule has 1 amide bonds. The number of para-hydroxylation sites is 1. The minimum atomic E-state index is -0.875. The van der Waals surface area contributed by atoms with E-state index in [-0.39, 0.29) is 0 Å². The highest BCUT2D eigenvalue weighted by atomic mass is 16.5. The zero-order valence-electron chi connectivity index (χ0n) is 17.3. The highest BCUT2D eigenvalue weighted by Gasteiger charge is 2.10. The molecule has 0 bridgehead atoms. The van der Waals surface area contributed by atoms with Crippen molar-refractivity contribution in [3.63, 3.8) is 0 Å². The SMILES string of the molecule is Cn1cc(Nc2ncc(CNc3ccccc3)c(Nc3cccc(OC(N)=O)c3)n2)cn1. The summed E-state index contributed by atoms with van der Waals surface area (Å²) in [6.45, 7) is 0.497. The summed E-state index contributed by atoms with van der Waals surface area (Å²) in [5.74, 6) is 1.33. The molecular weight excluding hydrogens is 408 g/mol. The smallest absolute Gasteiger partial charge is 0.409 e. The van der Waals surface area contributed by atoms with Crippen LogP contribution in [0.5, 0.6) is 5.75 Å². The van der Waals surface area contributed by atoms with E-state index in [0.717, 1.165) is 16.9 Å². The van der Waals surface area contributed by atoms with E-state index in [9.17, 15) is 4.79 Å². The van der Waals surface area contributed by atoms with Gasteiger partial charge in [0.1, 0.15) is 11.6 Å². The molecule has 32 heavy (non-hydrogen) atoms. The normalized spacial score (nSPS) is 10.4. The highest BCUT2D eigenvalue weighted by molar-refractivity contribution is 5.70. The number of rotatable bonds is 8. The third-order valence-corrected chi connectivity index (χ3v) is 4.40. The van der Waals surface area contributed by atoms with Crippen LogP contribution < -0.4 is 26.4 Å². The Morgan fingerprint density at radius 2 is 1.84 bits per heavy atom. The van der Waals surface area contributed by atoms with Gasteiger partial charge in [0.2, 0.25) is 5.95 Å². The second-order valence-corrected chi connectivity index (χ2v) is 6.89. The number of anilines is 5. The molecule has 0 aliphatic rings. The summed E-state index contributed by atoms with van der Waals surface area (Å²) < 4.78 is 6.65. The van der Waals surface area contributed by atoms with Crippen LogP contribution >= 0.6 is 0 Å². The van der Waals surface area contributed by atoms with Gasteiger partial charge in [0.05, 0.1) is 11.9 Å². The summed E-state index contributed by atoms with van der Waals surface area (Å²) in [4.78, 5) is 20.1. The van der Waals surface area contributed by atoms with Crippen LogP contribution in [0.3, 0.4) is 0 Å². The third-order valence-electron chi connectivity index (χ3n) is 4.40. The highest BCUT2D eigenvalue weighted by Crippen LogP contribution is 2.25. The van der Waals surface area contributed by atoms with Crippen LogP contribution in [0.15, 0.2) is 73.2 Å². The lowest BCUT2D eigenvalue weighted by Gasteiger charge is -2.14. The lowest BCUT2D eigenvalue weighted by atomic mass is 10.2. The number of carbonyl (C=O) groups excluding carboxylic acids is 1. The van der Waals surface area contributed by atoms with Crippen LogP contribution in [-0.2, 0) is 13.6 Å². The number of benzene rings is 2. The number of aromatic nitrogens is 4. The average Bonchev–Trinajstić information content (AvgIpc) is 3.18. The molecule has 0 spiro atoms. The minimum Gasteiger partial charge on any atom is -0.410 e. The number of nitrogens with one attached hydrogen (secondary N) is 3. The van der Waals surface area contributed by atoms with Crippen molar-refractivity contribution in [3.05, 3.63) is 78.8 Å². The third kappa shape index (κ3) is 5.51. The molecule has 10 nitrogen and oxygen atoms in total. The zero-order valence-corrected chi connectivity index (χ0v) is 17.3. The van der Waals surface area contributed by atoms with Crippen LogP contribution in [0.25, 0.3) is 0 Å². The molecule has 0 unspecified atom stereocenters. The Labute approximate surface area is 184 Å². The van der Waals surface area contributed by atoms with Crippen molar-refractivity contribution in [1.82, 2.24) is 19.7 Å². The predicted molar refractivity (Wildman–Crippen MR) is 122 cm³/mol. The first-order valence-electron chi connectivity index (χ1n) is 9.80. The Morgan fingerprint density at radius 1 is 1.03 bits per heavy atom. The Kier molecular flexibility index (Phi) is 6.12. The number of carbonyl (C=O) groups is 1. The standard InChI is InChI=1S/C22H22N8O2/c1-30-14-18(13-26-30)28-22-25-12-15(11-24-16-6-3-2-4-7-16)20(29-22)27-17-8-5-9-19(10-17)32-21(23)31/h2-10,12-14,24H,11H2,1H3,(H2,23,31)(H2,25,27,28,29). The van der Waals surface area contributed by atoms with Gasteiger partial charge in [-0.05, 0) is 24.3 Å². The van der Waals surface area contributed by atoms with Gasteiger partial charge >= 0.3 is 6.09 Å². The first kappa shape index (κ1) is 20.7. The molecule has 0 atom stereocenters. The average molecular weight is 430 g/mol. The maximum absolute atomic E-state index is 11.1. The van der Waals surface area contributed by atoms with E-state index >= 15 is 0 Å². The van der Waals surface area contributed by atoms with E-state index in [1.54, 1.807) is 35.3 Å². The first-order valence-corrected chi connectivity index (χ1v) is 9.80. The quantitative estimate of drug-likeness (QED) is 0.332. The fourth-order valence-corrected chi connectivity index (χ4v) is 2.96. The van der Waals surface area contributed by atoms with Crippen LogP contribution in [0.4, 0.5) is 33.6 Å². The summed E-state index contributed by atoms with van der Waals surface area (Å²) in [7, 11) is 1.83. The fourth-order valence-electron chi connectivity index (χ4n) is 2.96. The van der Waals surface area contributed by atoms with Crippen molar-refractivity contribution < 1.29 is 9.53 Å². The van der Waals surface area contributed by atoms with Crippen LogP contribution in [0, 0.1) is 0 Å². The monoisotopic (exact) mass is 430 g/mol. The molecule has 0 radical (unpaired) electrons. The van der Waals surface area contributed by atoms with Gasteiger partial charge in [0.25, 0.3) is 0 Å². The molecule has 4 rings (SSSR count). The molecule has 0 aliphatic heterocycles. The second-order valence-electron chi connectivity index (χ2n) is 6.89. The second kappa shape index (κ2) is 9.47. The Balaban J connectivity index is 1.59. The summed E-state index contributed by atoms with van der Waals surface area (Å²) >= 11 is 0. The Morgan fingerprint density at radius 3 is 2.59 bits per heavy atom. The van der Waals surface area contributed by atoms with E-state index < -0.39 is 6.09 Å². The number of nitrogens with two attached hydrogens (primary N) is 1. The number of aryl methyl sites for hydroxylation is 1. The largest absolute Gasteiger partial charge is 0.410 e. The van der Waals surface area contributed by atoms with Crippen LogP contribution in [0.2, 0.25) is 0 Å². The number of hydrogen-bond donors (Lipinski definition) is 4. The molecule has 0 fully saturated rings. The molecule has 2 aromatic heterocycles. The number of amides is 1. The summed E-state index contributed by atoms with van der Waals surface area (Å²) in [6.07, 6.45) is 4.38. The Bertz CT molecular complexity index is 1210. The number of hydrogen-bond acceptors (Lipinski definition) is 8. The van der Waals surface area contributed by atoms with Crippen molar-refractivity contribution in [2.45, 2.75) is 6.54 Å². The summed E-state index contributed by atoms with van der Waals surface area (Å²) in [5, 5.41) is 13.9. The van der Waals surface area contributed by atoms with Crippen molar-refractivity contribution >= 4 is 34.9 Å². The van der Waals surface area contributed by atoms with Crippen LogP contribution in [-0.4, -0.2) is 25.8 Å². The van der Waals surface area contributed by atoms with Gasteiger partial charge in [0.15, 0.2) is 0 Å². The number of ether oxygens (including phenoxy) is 1. The van der Waals surface area contributed by atoms with Gasteiger partial charge in [-0.25, -0.2) is 9.78 Å².